The SMILES string of the molecule is c1ccc(-c2ccc(-c3ccc(-c4nc(-c5ccccc5)nc(-c5cc(N(c6ccc(-c7ccccc7)cc6)c6ccc(-c7ccccc7)cc6)c6c(c5)oc5ccccc56)n4)cc3)cc2)cc1. The van der Waals surface area contributed by atoms with Gasteiger partial charge in [0.05, 0.1) is 11.1 Å². The topological polar surface area (TPSA) is 55.1 Å². The minimum atomic E-state index is 0.539. The van der Waals surface area contributed by atoms with E-state index in [0.29, 0.717) is 17.5 Å². The van der Waals surface area contributed by atoms with Crippen LogP contribution < -0.4 is 4.90 Å². The first kappa shape index (κ1) is 40.3. The molecule has 10 aromatic carbocycles. The first-order chi connectivity index (χ1) is 33.7. The Kier molecular flexibility index (Phi) is 10.5. The average Bonchev–Trinajstić information content (AvgIpc) is 3.81. The molecule has 0 bridgehead atoms. The van der Waals surface area contributed by atoms with Crippen LogP contribution in [-0.2, 0) is 0 Å². The van der Waals surface area contributed by atoms with Gasteiger partial charge in [-0.15, -0.1) is 0 Å². The predicted octanol–water partition coefficient (Wildman–Crippen LogP) is 16.9. The maximum atomic E-state index is 6.75. The number of nitrogens with zero attached hydrogens (tertiary/aromatic N) is 4. The van der Waals surface area contributed by atoms with Crippen molar-refractivity contribution in [1.29, 1.82) is 0 Å². The second-order valence-corrected chi connectivity index (χ2v) is 16.8. The van der Waals surface area contributed by atoms with E-state index in [1.54, 1.807) is 0 Å². The molecule has 2 aromatic heterocycles. The molecule has 0 aliphatic heterocycles. The van der Waals surface area contributed by atoms with Crippen LogP contribution in [0.5, 0.6) is 0 Å². The Morgan fingerprint density at radius 3 is 1.03 bits per heavy atom. The molecule has 0 aliphatic carbocycles. The highest BCUT2D eigenvalue weighted by atomic mass is 16.3. The Morgan fingerprint density at radius 2 is 0.588 bits per heavy atom. The summed E-state index contributed by atoms with van der Waals surface area (Å²) in [5.74, 6) is 1.70. The zero-order valence-electron chi connectivity index (χ0n) is 36.9. The Balaban J connectivity index is 1.01. The van der Waals surface area contributed by atoms with E-state index in [1.165, 1.54) is 11.1 Å². The van der Waals surface area contributed by atoms with Crippen molar-refractivity contribution in [3.05, 3.63) is 255 Å². The zero-order chi connectivity index (χ0) is 45.2. The van der Waals surface area contributed by atoms with Crippen LogP contribution in [0.15, 0.2) is 259 Å². The highest BCUT2D eigenvalue weighted by Gasteiger charge is 2.23. The van der Waals surface area contributed by atoms with Crippen molar-refractivity contribution in [3.63, 3.8) is 0 Å². The minimum absolute atomic E-state index is 0.539. The third-order valence-electron chi connectivity index (χ3n) is 12.6. The van der Waals surface area contributed by atoms with Gasteiger partial charge in [-0.25, -0.2) is 15.0 Å². The normalized spacial score (nSPS) is 11.2. The van der Waals surface area contributed by atoms with E-state index in [1.807, 2.05) is 60.7 Å². The number of rotatable bonds is 10. The van der Waals surface area contributed by atoms with E-state index in [0.717, 1.165) is 89.1 Å². The minimum Gasteiger partial charge on any atom is -0.456 e. The van der Waals surface area contributed by atoms with Crippen LogP contribution in [0.3, 0.4) is 0 Å². The molecule has 0 radical (unpaired) electrons. The van der Waals surface area contributed by atoms with Crippen molar-refractivity contribution in [3.8, 4) is 78.7 Å². The van der Waals surface area contributed by atoms with Gasteiger partial charge in [-0.05, 0) is 87.0 Å². The van der Waals surface area contributed by atoms with Crippen LogP contribution >= 0.6 is 0 Å². The highest BCUT2D eigenvalue weighted by Crippen LogP contribution is 2.46. The van der Waals surface area contributed by atoms with Crippen LogP contribution in [0.4, 0.5) is 17.1 Å². The second-order valence-electron chi connectivity index (χ2n) is 16.8. The summed E-state index contributed by atoms with van der Waals surface area (Å²) < 4.78 is 6.75. The summed E-state index contributed by atoms with van der Waals surface area (Å²) in [7, 11) is 0. The predicted molar refractivity (Wildman–Crippen MR) is 280 cm³/mol. The van der Waals surface area contributed by atoms with E-state index in [-0.39, 0.29) is 0 Å². The standard InChI is InChI=1S/C63H42N4O/c1-5-15-43(16-6-1)46-25-27-47(28-26-46)48-29-31-52(32-30-48)62-64-61(51-21-11-4-12-22-51)65-63(66-62)53-41-57(60-56-23-13-14-24-58(56)68-59(60)42-53)67(54-37-33-49(34-38-54)44-17-7-2-8-18-44)55-39-35-50(36-40-55)45-19-9-3-10-20-45/h1-42H. The van der Waals surface area contributed by atoms with Gasteiger partial charge in [-0.3, -0.25) is 0 Å². The van der Waals surface area contributed by atoms with Gasteiger partial charge in [0.1, 0.15) is 11.2 Å². The quantitative estimate of drug-likeness (QED) is 0.137. The van der Waals surface area contributed by atoms with Gasteiger partial charge in [0.15, 0.2) is 17.5 Å². The smallest absolute Gasteiger partial charge is 0.164 e. The van der Waals surface area contributed by atoms with E-state index < -0.39 is 0 Å². The maximum absolute atomic E-state index is 6.75. The number of fused-ring (bicyclic) bond motifs is 3. The fourth-order valence-corrected chi connectivity index (χ4v) is 9.08. The van der Waals surface area contributed by atoms with Crippen molar-refractivity contribution < 1.29 is 4.42 Å². The van der Waals surface area contributed by atoms with Gasteiger partial charge in [-0.2, -0.15) is 0 Å². The third kappa shape index (κ3) is 7.88. The van der Waals surface area contributed by atoms with Crippen molar-refractivity contribution in [2.45, 2.75) is 0 Å². The lowest BCUT2D eigenvalue weighted by Crippen LogP contribution is -2.11. The number of anilines is 3. The maximum Gasteiger partial charge on any atom is 0.164 e. The summed E-state index contributed by atoms with van der Waals surface area (Å²) >= 11 is 0. The van der Waals surface area contributed by atoms with Crippen LogP contribution in [-0.4, -0.2) is 15.0 Å². The lowest BCUT2D eigenvalue weighted by molar-refractivity contribution is 0.669. The third-order valence-corrected chi connectivity index (χ3v) is 12.6. The molecular weight excluding hydrogens is 829 g/mol. The lowest BCUT2D eigenvalue weighted by Gasteiger charge is -2.27. The molecule has 0 unspecified atom stereocenters. The van der Waals surface area contributed by atoms with E-state index >= 15 is 0 Å². The Labute approximate surface area is 395 Å². The first-order valence-corrected chi connectivity index (χ1v) is 22.8. The van der Waals surface area contributed by atoms with Gasteiger partial charge in [0, 0.05) is 33.5 Å². The molecule has 320 valence electrons. The molecule has 2 heterocycles. The Bertz CT molecular complexity index is 3590. The first-order valence-electron chi connectivity index (χ1n) is 22.8. The number of hydrogen-bond donors (Lipinski definition) is 0. The molecule has 68 heavy (non-hydrogen) atoms. The van der Waals surface area contributed by atoms with Crippen LogP contribution in [0.1, 0.15) is 0 Å². The second kappa shape index (κ2) is 17.7. The van der Waals surface area contributed by atoms with Gasteiger partial charge in [-0.1, -0.05) is 212 Å². The largest absolute Gasteiger partial charge is 0.456 e. The van der Waals surface area contributed by atoms with Crippen LogP contribution in [0.2, 0.25) is 0 Å². The lowest BCUT2D eigenvalue weighted by atomic mass is 9.99. The van der Waals surface area contributed by atoms with Crippen molar-refractivity contribution in [1.82, 2.24) is 15.0 Å². The summed E-state index contributed by atoms with van der Waals surface area (Å²) in [6.07, 6.45) is 0. The molecule has 0 spiro atoms. The molecule has 12 aromatic rings. The number of aromatic nitrogens is 3. The molecule has 0 N–H and O–H groups in total. The van der Waals surface area contributed by atoms with E-state index in [4.69, 9.17) is 19.4 Å². The fraction of sp³-hybridized carbons (Fsp3) is 0. The number of benzene rings is 10. The van der Waals surface area contributed by atoms with Gasteiger partial charge < -0.3 is 9.32 Å². The van der Waals surface area contributed by atoms with E-state index in [9.17, 15) is 0 Å². The summed E-state index contributed by atoms with van der Waals surface area (Å²) in [6.45, 7) is 0. The number of hydrogen-bond acceptors (Lipinski definition) is 5. The molecular formula is C63H42N4O. The van der Waals surface area contributed by atoms with E-state index in [2.05, 4.69) is 199 Å². The Morgan fingerprint density at radius 1 is 0.265 bits per heavy atom. The van der Waals surface area contributed by atoms with Crippen molar-refractivity contribution in [2.75, 3.05) is 4.90 Å². The van der Waals surface area contributed by atoms with Crippen LogP contribution in [0, 0.1) is 0 Å². The monoisotopic (exact) mass is 870 g/mol. The average molecular weight is 871 g/mol. The zero-order valence-corrected chi connectivity index (χ0v) is 36.9. The molecule has 5 nitrogen and oxygen atoms in total. The van der Waals surface area contributed by atoms with Gasteiger partial charge >= 0.3 is 0 Å². The summed E-state index contributed by atoms with van der Waals surface area (Å²) in [5, 5.41) is 2.01. The fourth-order valence-electron chi connectivity index (χ4n) is 9.08. The summed E-state index contributed by atoms with van der Waals surface area (Å²) in [6, 6.07) is 88.8. The summed E-state index contributed by atoms with van der Waals surface area (Å²) in [4.78, 5) is 17.9. The Hall–Kier alpha value is -9.19. The molecule has 5 heteroatoms. The molecule has 0 saturated heterocycles. The molecule has 0 atom stereocenters. The number of para-hydroxylation sites is 1. The molecule has 12 rings (SSSR count). The number of furan rings is 1. The van der Waals surface area contributed by atoms with Gasteiger partial charge in [0.2, 0.25) is 0 Å². The summed E-state index contributed by atoms with van der Waals surface area (Å²) in [5.41, 5.74) is 16.3. The molecule has 0 fully saturated rings. The van der Waals surface area contributed by atoms with Crippen LogP contribution in [0.25, 0.3) is 101 Å². The van der Waals surface area contributed by atoms with Crippen molar-refractivity contribution in [2.24, 2.45) is 0 Å². The molecule has 0 aliphatic rings. The molecule has 0 saturated carbocycles. The van der Waals surface area contributed by atoms with Gasteiger partial charge in [0.25, 0.3) is 0 Å². The highest BCUT2D eigenvalue weighted by molar-refractivity contribution is 6.14. The molecule has 0 amide bonds. The van der Waals surface area contributed by atoms with Crippen molar-refractivity contribution >= 4 is 39.0 Å².